The highest BCUT2D eigenvalue weighted by atomic mass is 32.2. The number of rotatable bonds is 6. The Labute approximate surface area is 120 Å². The smallest absolute Gasteiger partial charge is 0.246 e. The molecule has 0 aromatic rings. The molecule has 0 bridgehead atoms. The van der Waals surface area contributed by atoms with Gasteiger partial charge in [0.05, 0.1) is 0 Å². The average molecular weight is 286 g/mol. The number of thioether (sulfide) groups is 1. The molecule has 1 aliphatic rings. The van der Waals surface area contributed by atoms with Crippen LogP contribution in [0.25, 0.3) is 0 Å². The van der Waals surface area contributed by atoms with E-state index < -0.39 is 0 Å². The summed E-state index contributed by atoms with van der Waals surface area (Å²) in [5.74, 6) is 1.11. The quantitative estimate of drug-likeness (QED) is 0.811. The molecule has 0 radical (unpaired) electrons. The Bertz CT molecular complexity index is 333. The third kappa shape index (κ3) is 3.44. The molecule has 5 heteroatoms. The summed E-state index contributed by atoms with van der Waals surface area (Å²) in [6.07, 6.45) is 3.58. The first-order chi connectivity index (χ1) is 8.97. The lowest BCUT2D eigenvalue weighted by Crippen LogP contribution is -2.67. The van der Waals surface area contributed by atoms with Gasteiger partial charge in [0.25, 0.3) is 0 Å². The zero-order valence-electron chi connectivity index (χ0n) is 12.6. The summed E-state index contributed by atoms with van der Waals surface area (Å²) in [5, 5.41) is 2.86. The lowest BCUT2D eigenvalue weighted by molar-refractivity contribution is -0.153. The summed E-state index contributed by atoms with van der Waals surface area (Å²) in [6, 6.07) is -0.527. The van der Waals surface area contributed by atoms with Crippen LogP contribution in [0.2, 0.25) is 0 Å². The summed E-state index contributed by atoms with van der Waals surface area (Å²) in [6.45, 7) is 8.02. The van der Waals surface area contributed by atoms with Crippen molar-refractivity contribution >= 4 is 23.6 Å². The van der Waals surface area contributed by atoms with E-state index in [0.717, 1.165) is 12.2 Å². The lowest BCUT2D eigenvalue weighted by Gasteiger charge is -2.44. The molecule has 1 saturated heterocycles. The van der Waals surface area contributed by atoms with Crippen LogP contribution >= 0.6 is 11.8 Å². The van der Waals surface area contributed by atoms with Gasteiger partial charge < -0.3 is 10.2 Å². The highest BCUT2D eigenvalue weighted by Gasteiger charge is 2.43. The topological polar surface area (TPSA) is 49.4 Å². The maximum atomic E-state index is 12.6. The Morgan fingerprint density at radius 1 is 1.32 bits per heavy atom. The molecule has 0 aliphatic carbocycles. The SMILES string of the molecule is CCC1NC(=O)C(C(C)C)N(C(CC)CSC)C1=O. The minimum absolute atomic E-state index is 0.000929. The minimum atomic E-state index is -0.349. The molecule has 3 unspecified atom stereocenters. The molecule has 1 aliphatic heterocycles. The number of carbonyl (C=O) groups is 2. The maximum absolute atomic E-state index is 12.6. The third-order valence-corrected chi connectivity index (χ3v) is 4.42. The van der Waals surface area contributed by atoms with Crippen LogP contribution in [0.15, 0.2) is 0 Å². The first-order valence-electron chi connectivity index (χ1n) is 7.09. The number of nitrogens with zero attached hydrogens (tertiary/aromatic N) is 1. The summed E-state index contributed by atoms with van der Waals surface area (Å²) in [4.78, 5) is 26.7. The molecular weight excluding hydrogens is 260 g/mol. The Balaban J connectivity index is 3.07. The van der Waals surface area contributed by atoms with Gasteiger partial charge in [-0.15, -0.1) is 0 Å². The molecule has 0 saturated carbocycles. The molecule has 1 rings (SSSR count). The fourth-order valence-corrected chi connectivity index (χ4v) is 3.44. The summed E-state index contributed by atoms with van der Waals surface area (Å²) >= 11 is 1.73. The number of hydrogen-bond acceptors (Lipinski definition) is 3. The van der Waals surface area contributed by atoms with Gasteiger partial charge in [-0.25, -0.2) is 0 Å². The predicted octanol–water partition coefficient (Wildman–Crippen LogP) is 1.89. The van der Waals surface area contributed by atoms with Crippen LogP contribution in [0.3, 0.4) is 0 Å². The second-order valence-electron chi connectivity index (χ2n) is 5.42. The summed E-state index contributed by atoms with van der Waals surface area (Å²) < 4.78 is 0. The molecule has 2 amide bonds. The minimum Gasteiger partial charge on any atom is -0.343 e. The number of amides is 2. The van der Waals surface area contributed by atoms with Crippen LogP contribution in [0.5, 0.6) is 0 Å². The van der Waals surface area contributed by atoms with Gasteiger partial charge in [0, 0.05) is 11.8 Å². The van der Waals surface area contributed by atoms with Crippen LogP contribution in [-0.2, 0) is 9.59 Å². The molecule has 0 spiro atoms. The molecule has 3 atom stereocenters. The molecule has 1 heterocycles. The van der Waals surface area contributed by atoms with Crippen molar-refractivity contribution in [2.75, 3.05) is 12.0 Å². The van der Waals surface area contributed by atoms with E-state index in [1.165, 1.54) is 0 Å². The largest absolute Gasteiger partial charge is 0.343 e. The highest BCUT2D eigenvalue weighted by Crippen LogP contribution is 2.24. The first-order valence-corrected chi connectivity index (χ1v) is 8.48. The van der Waals surface area contributed by atoms with Gasteiger partial charge in [-0.2, -0.15) is 11.8 Å². The fraction of sp³-hybridized carbons (Fsp3) is 0.857. The second kappa shape index (κ2) is 7.17. The van der Waals surface area contributed by atoms with E-state index in [-0.39, 0.29) is 35.9 Å². The second-order valence-corrected chi connectivity index (χ2v) is 6.33. The van der Waals surface area contributed by atoms with Crippen molar-refractivity contribution < 1.29 is 9.59 Å². The van der Waals surface area contributed by atoms with Crippen molar-refractivity contribution in [3.8, 4) is 0 Å². The van der Waals surface area contributed by atoms with Gasteiger partial charge in [0.1, 0.15) is 12.1 Å². The number of carbonyl (C=O) groups excluding carboxylic acids is 2. The van der Waals surface area contributed by atoms with Gasteiger partial charge >= 0.3 is 0 Å². The van der Waals surface area contributed by atoms with Gasteiger partial charge in [0.15, 0.2) is 0 Å². The van der Waals surface area contributed by atoms with E-state index in [1.54, 1.807) is 11.8 Å². The van der Waals surface area contributed by atoms with E-state index in [0.29, 0.717) is 6.42 Å². The van der Waals surface area contributed by atoms with Crippen molar-refractivity contribution in [3.05, 3.63) is 0 Å². The summed E-state index contributed by atoms with van der Waals surface area (Å²) in [5.41, 5.74) is 0. The Morgan fingerprint density at radius 2 is 1.95 bits per heavy atom. The highest BCUT2D eigenvalue weighted by molar-refractivity contribution is 7.98. The molecule has 4 nitrogen and oxygen atoms in total. The van der Waals surface area contributed by atoms with E-state index in [2.05, 4.69) is 12.2 Å². The number of hydrogen-bond donors (Lipinski definition) is 1. The normalized spacial score (nSPS) is 25.7. The monoisotopic (exact) mass is 286 g/mol. The molecule has 19 heavy (non-hydrogen) atoms. The molecule has 1 N–H and O–H groups in total. The van der Waals surface area contributed by atoms with Gasteiger partial charge in [-0.3, -0.25) is 9.59 Å². The van der Waals surface area contributed by atoms with Gasteiger partial charge in [-0.05, 0) is 25.0 Å². The summed E-state index contributed by atoms with van der Waals surface area (Å²) in [7, 11) is 0. The fourth-order valence-electron chi connectivity index (χ4n) is 2.66. The van der Waals surface area contributed by atoms with Crippen molar-refractivity contribution in [3.63, 3.8) is 0 Å². The van der Waals surface area contributed by atoms with Crippen molar-refractivity contribution in [2.45, 2.75) is 58.7 Å². The van der Waals surface area contributed by atoms with E-state index in [4.69, 9.17) is 0 Å². The van der Waals surface area contributed by atoms with Crippen LogP contribution < -0.4 is 5.32 Å². The van der Waals surface area contributed by atoms with Gasteiger partial charge in [0.2, 0.25) is 11.8 Å². The van der Waals surface area contributed by atoms with Crippen molar-refractivity contribution in [2.24, 2.45) is 5.92 Å². The van der Waals surface area contributed by atoms with Crippen LogP contribution in [-0.4, -0.2) is 46.8 Å². The molecule has 110 valence electrons. The zero-order chi connectivity index (χ0) is 14.6. The molecule has 0 aromatic heterocycles. The molecular formula is C14H26N2O2S. The van der Waals surface area contributed by atoms with Crippen LogP contribution in [0.1, 0.15) is 40.5 Å². The molecule has 1 fully saturated rings. The standard InChI is InChI=1S/C14H26N2O2S/c1-6-10(8-19-5)16-12(9(3)4)13(17)15-11(7-2)14(16)18/h9-12H,6-8H2,1-5H3,(H,15,17). The van der Waals surface area contributed by atoms with Gasteiger partial charge in [-0.1, -0.05) is 27.7 Å². The molecule has 0 aromatic carbocycles. The van der Waals surface area contributed by atoms with E-state index >= 15 is 0 Å². The van der Waals surface area contributed by atoms with Crippen molar-refractivity contribution in [1.82, 2.24) is 10.2 Å². The first kappa shape index (κ1) is 16.3. The van der Waals surface area contributed by atoms with Crippen LogP contribution in [0.4, 0.5) is 0 Å². The third-order valence-electron chi connectivity index (χ3n) is 3.70. The number of piperazine rings is 1. The number of nitrogens with one attached hydrogen (secondary N) is 1. The average Bonchev–Trinajstić information content (AvgIpc) is 2.37. The van der Waals surface area contributed by atoms with Crippen molar-refractivity contribution in [1.29, 1.82) is 0 Å². The van der Waals surface area contributed by atoms with E-state index in [1.807, 2.05) is 31.9 Å². The zero-order valence-corrected chi connectivity index (χ0v) is 13.4. The van der Waals surface area contributed by atoms with E-state index in [9.17, 15) is 9.59 Å². The van der Waals surface area contributed by atoms with Crippen LogP contribution in [0, 0.1) is 5.92 Å². The predicted molar refractivity (Wildman–Crippen MR) is 80.2 cm³/mol. The Kier molecular flexibility index (Phi) is 6.17. The Morgan fingerprint density at radius 3 is 2.37 bits per heavy atom. The lowest BCUT2D eigenvalue weighted by atomic mass is 9.94. The maximum Gasteiger partial charge on any atom is 0.246 e. The Hall–Kier alpha value is -0.710.